The van der Waals surface area contributed by atoms with Crippen LogP contribution in [0.4, 0.5) is 0 Å². The van der Waals surface area contributed by atoms with E-state index in [-0.39, 0.29) is 35.6 Å². The Morgan fingerprint density at radius 2 is 1.87 bits per heavy atom. The zero-order valence-electron chi connectivity index (χ0n) is 22.6. The number of aromatic hydroxyl groups is 1. The topological polar surface area (TPSA) is 119 Å². The minimum atomic E-state index is -1.59. The zero-order valence-corrected chi connectivity index (χ0v) is 23.4. The summed E-state index contributed by atoms with van der Waals surface area (Å²) in [4.78, 5) is 41.9. The molecule has 2 aliphatic rings. The zero-order chi connectivity index (χ0) is 28.2. The van der Waals surface area contributed by atoms with Crippen LogP contribution >= 0.6 is 11.8 Å². The van der Waals surface area contributed by atoms with Gasteiger partial charge in [-0.25, -0.2) is 0 Å². The Kier molecular flexibility index (Phi) is 9.02. The van der Waals surface area contributed by atoms with E-state index in [1.165, 1.54) is 22.7 Å². The molecule has 4 rings (SSSR count). The third-order valence-electron chi connectivity index (χ3n) is 7.46. The third kappa shape index (κ3) is 6.65. The minimum absolute atomic E-state index is 0.0168. The lowest BCUT2D eigenvalue weighted by Crippen LogP contribution is -2.59. The molecule has 1 aliphatic carbocycles. The number of carbonyl (C=O) groups excluding carboxylic acids is 3. The van der Waals surface area contributed by atoms with Crippen LogP contribution < -0.4 is 10.6 Å². The number of aliphatic hydroxyl groups is 1. The second-order valence-electron chi connectivity index (χ2n) is 10.7. The molecule has 2 aromatic carbocycles. The molecule has 0 spiro atoms. The van der Waals surface area contributed by atoms with Gasteiger partial charge in [0, 0.05) is 21.9 Å². The number of hydrogen-bond donors (Lipinski definition) is 4. The molecule has 0 aromatic heterocycles. The predicted molar refractivity (Wildman–Crippen MR) is 152 cm³/mol. The molecular formula is C30H37N3O5S. The Labute approximate surface area is 233 Å². The lowest BCUT2D eigenvalue weighted by molar-refractivity contribution is -0.147. The van der Waals surface area contributed by atoms with E-state index >= 15 is 0 Å². The number of benzene rings is 2. The monoisotopic (exact) mass is 551 g/mol. The van der Waals surface area contributed by atoms with Gasteiger partial charge in [-0.1, -0.05) is 48.6 Å². The van der Waals surface area contributed by atoms with Gasteiger partial charge in [0.2, 0.25) is 5.91 Å². The van der Waals surface area contributed by atoms with Crippen LogP contribution in [0.5, 0.6) is 5.75 Å². The SMILES string of the molecule is Cc1c(O)cccc1C(=O)N[C@@H](Cc1ccccc1)[C@H](O)C(=O)N1CSC(C)(C)C1C(=O)N[C@@H]1C=CCCC1. The van der Waals surface area contributed by atoms with E-state index in [0.717, 1.165) is 24.8 Å². The quantitative estimate of drug-likeness (QED) is 0.374. The van der Waals surface area contributed by atoms with Crippen LogP contribution in [0.3, 0.4) is 0 Å². The van der Waals surface area contributed by atoms with Crippen molar-refractivity contribution in [3.8, 4) is 5.75 Å². The summed E-state index contributed by atoms with van der Waals surface area (Å²) in [6.45, 7) is 5.48. The lowest BCUT2D eigenvalue weighted by Gasteiger charge is -2.34. The Bertz CT molecular complexity index is 1230. The van der Waals surface area contributed by atoms with Gasteiger partial charge in [-0.15, -0.1) is 11.8 Å². The summed E-state index contributed by atoms with van der Waals surface area (Å²) in [6.07, 6.45) is 5.48. The van der Waals surface area contributed by atoms with Crippen molar-refractivity contribution in [1.29, 1.82) is 0 Å². The number of hydrogen-bond acceptors (Lipinski definition) is 6. The van der Waals surface area contributed by atoms with Crippen LogP contribution in [-0.2, 0) is 16.0 Å². The van der Waals surface area contributed by atoms with E-state index in [1.54, 1.807) is 19.1 Å². The third-order valence-corrected chi connectivity index (χ3v) is 8.83. The number of allylic oxidation sites excluding steroid dienone is 1. The molecule has 2 aromatic rings. The van der Waals surface area contributed by atoms with Crippen LogP contribution in [-0.4, -0.2) is 67.7 Å². The van der Waals surface area contributed by atoms with Crippen molar-refractivity contribution in [2.75, 3.05) is 5.88 Å². The fourth-order valence-electron chi connectivity index (χ4n) is 5.17. The fourth-order valence-corrected chi connectivity index (χ4v) is 6.31. The number of rotatable bonds is 8. The second-order valence-corrected chi connectivity index (χ2v) is 12.3. The number of nitrogens with one attached hydrogen (secondary N) is 2. The van der Waals surface area contributed by atoms with Crippen LogP contribution in [0.15, 0.2) is 60.7 Å². The highest BCUT2D eigenvalue weighted by Gasteiger charge is 2.50. The maximum Gasteiger partial charge on any atom is 0.254 e. The highest BCUT2D eigenvalue weighted by Crippen LogP contribution is 2.40. The van der Waals surface area contributed by atoms with Gasteiger partial charge in [0.05, 0.1) is 11.9 Å². The Morgan fingerprint density at radius 1 is 1.13 bits per heavy atom. The molecule has 9 heteroatoms. The molecule has 1 saturated heterocycles. The molecule has 0 saturated carbocycles. The average Bonchev–Trinajstić information content (AvgIpc) is 3.25. The molecule has 1 unspecified atom stereocenters. The molecule has 3 amide bonds. The highest BCUT2D eigenvalue weighted by molar-refractivity contribution is 8.00. The van der Waals surface area contributed by atoms with Gasteiger partial charge in [0.1, 0.15) is 11.8 Å². The molecule has 1 heterocycles. The summed E-state index contributed by atoms with van der Waals surface area (Å²) in [5.41, 5.74) is 1.49. The normalized spacial score (nSPS) is 21.7. The number of nitrogens with zero attached hydrogens (tertiary/aromatic N) is 1. The Balaban J connectivity index is 1.57. The van der Waals surface area contributed by atoms with Crippen LogP contribution in [0.2, 0.25) is 0 Å². The average molecular weight is 552 g/mol. The number of carbonyl (C=O) groups is 3. The summed E-state index contributed by atoms with van der Waals surface area (Å²) in [7, 11) is 0. The molecular weight excluding hydrogens is 514 g/mol. The molecule has 1 aliphatic heterocycles. The molecule has 39 heavy (non-hydrogen) atoms. The van der Waals surface area contributed by atoms with Crippen molar-refractivity contribution in [2.45, 2.75) is 75.4 Å². The summed E-state index contributed by atoms with van der Waals surface area (Å²) in [6, 6.07) is 12.1. The second kappa shape index (κ2) is 12.3. The lowest BCUT2D eigenvalue weighted by atomic mass is 9.96. The fraction of sp³-hybridized carbons (Fsp3) is 0.433. The number of thioether (sulfide) groups is 1. The molecule has 4 atom stereocenters. The van der Waals surface area contributed by atoms with Gasteiger partial charge in [-0.3, -0.25) is 14.4 Å². The van der Waals surface area contributed by atoms with E-state index in [9.17, 15) is 24.6 Å². The first-order valence-corrected chi connectivity index (χ1v) is 14.3. The maximum absolute atomic E-state index is 13.8. The van der Waals surface area contributed by atoms with Crippen molar-refractivity contribution in [3.05, 3.63) is 77.4 Å². The van der Waals surface area contributed by atoms with E-state index < -0.39 is 34.7 Å². The maximum atomic E-state index is 13.8. The molecule has 8 nitrogen and oxygen atoms in total. The largest absolute Gasteiger partial charge is 0.508 e. The van der Waals surface area contributed by atoms with Crippen molar-refractivity contribution in [3.63, 3.8) is 0 Å². The van der Waals surface area contributed by atoms with Gasteiger partial charge >= 0.3 is 0 Å². The summed E-state index contributed by atoms with van der Waals surface area (Å²) < 4.78 is -0.561. The first-order chi connectivity index (χ1) is 18.6. The Morgan fingerprint density at radius 3 is 2.56 bits per heavy atom. The number of phenolic OH excluding ortho intramolecular Hbond substituents is 1. The van der Waals surface area contributed by atoms with E-state index in [4.69, 9.17) is 0 Å². The van der Waals surface area contributed by atoms with Gasteiger partial charge < -0.3 is 25.7 Å². The van der Waals surface area contributed by atoms with Gasteiger partial charge in [-0.2, -0.15) is 0 Å². The molecule has 0 radical (unpaired) electrons. The molecule has 4 N–H and O–H groups in total. The van der Waals surface area contributed by atoms with Crippen molar-refractivity contribution >= 4 is 29.5 Å². The highest BCUT2D eigenvalue weighted by atomic mass is 32.2. The van der Waals surface area contributed by atoms with Gasteiger partial charge in [0.25, 0.3) is 11.8 Å². The summed E-state index contributed by atoms with van der Waals surface area (Å²) >= 11 is 1.48. The van der Waals surface area contributed by atoms with E-state index in [1.807, 2.05) is 50.3 Å². The summed E-state index contributed by atoms with van der Waals surface area (Å²) in [5.74, 6) is -1.14. The van der Waals surface area contributed by atoms with Crippen LogP contribution in [0, 0.1) is 6.92 Å². The first-order valence-electron chi connectivity index (χ1n) is 13.3. The van der Waals surface area contributed by atoms with Crippen molar-refractivity contribution < 1.29 is 24.6 Å². The Hall–Kier alpha value is -3.30. The summed E-state index contributed by atoms with van der Waals surface area (Å²) in [5, 5.41) is 27.4. The molecule has 0 bridgehead atoms. The minimum Gasteiger partial charge on any atom is -0.508 e. The smallest absolute Gasteiger partial charge is 0.254 e. The first kappa shape index (κ1) is 28.7. The van der Waals surface area contributed by atoms with Crippen molar-refractivity contribution in [1.82, 2.24) is 15.5 Å². The number of phenols is 1. The standard InChI is InChI=1S/C30H37N3O5S/c1-19-22(15-10-16-24(19)34)27(36)32-23(17-20-11-6-4-7-12-20)25(35)29(38)33-18-39-30(2,3)26(33)28(37)31-21-13-8-5-9-14-21/h4,6-8,10-13,15-16,21,23,25-26,34-35H,5,9,14,17-18H2,1-3H3,(H,31,37)(H,32,36)/t21-,23+,25+,26?/m1/s1. The van der Waals surface area contributed by atoms with Gasteiger partial charge in [-0.05, 0) is 64.2 Å². The van der Waals surface area contributed by atoms with Gasteiger partial charge in [0.15, 0.2) is 6.10 Å². The number of aliphatic hydroxyl groups excluding tert-OH is 1. The van der Waals surface area contributed by atoms with Crippen LogP contribution in [0.1, 0.15) is 54.6 Å². The van der Waals surface area contributed by atoms with E-state index in [0.29, 0.717) is 5.56 Å². The number of amides is 3. The van der Waals surface area contributed by atoms with E-state index in [2.05, 4.69) is 16.7 Å². The van der Waals surface area contributed by atoms with Crippen LogP contribution in [0.25, 0.3) is 0 Å². The molecule has 208 valence electrons. The predicted octanol–water partition coefficient (Wildman–Crippen LogP) is 3.31. The van der Waals surface area contributed by atoms with Crippen molar-refractivity contribution in [2.24, 2.45) is 0 Å². The molecule has 1 fully saturated rings.